The van der Waals surface area contributed by atoms with E-state index in [4.69, 9.17) is 0 Å². The molecule has 8 nitrogen and oxygen atoms in total. The first kappa shape index (κ1) is 20.1. The van der Waals surface area contributed by atoms with Crippen LogP contribution in [0.4, 0.5) is 11.4 Å². The Morgan fingerprint density at radius 2 is 1.71 bits per heavy atom. The average molecular weight is 388 g/mol. The van der Waals surface area contributed by atoms with E-state index in [0.29, 0.717) is 18.7 Å². The van der Waals surface area contributed by atoms with Gasteiger partial charge in [0.05, 0.1) is 17.8 Å². The van der Waals surface area contributed by atoms with Crippen LogP contribution < -0.4 is 10.2 Å². The van der Waals surface area contributed by atoms with Gasteiger partial charge < -0.3 is 20.2 Å². The third-order valence-electron chi connectivity index (χ3n) is 5.38. The predicted octanol–water partition coefficient (Wildman–Crippen LogP) is 1.48. The van der Waals surface area contributed by atoms with Crippen LogP contribution in [-0.4, -0.2) is 78.5 Å². The molecule has 1 aromatic rings. The molecule has 1 aromatic carbocycles. The van der Waals surface area contributed by atoms with Crippen LogP contribution in [0.3, 0.4) is 0 Å². The molecule has 2 N–H and O–H groups in total. The molecule has 0 aromatic heterocycles. The number of anilines is 2. The second-order valence-corrected chi connectivity index (χ2v) is 7.29. The summed E-state index contributed by atoms with van der Waals surface area (Å²) < 4.78 is 0. The van der Waals surface area contributed by atoms with Gasteiger partial charge in [0.1, 0.15) is 0 Å². The van der Waals surface area contributed by atoms with Gasteiger partial charge in [0.2, 0.25) is 11.8 Å². The van der Waals surface area contributed by atoms with Gasteiger partial charge in [0.25, 0.3) is 0 Å². The van der Waals surface area contributed by atoms with Crippen LogP contribution in [0.15, 0.2) is 18.2 Å². The zero-order chi connectivity index (χ0) is 20.1. The van der Waals surface area contributed by atoms with Crippen molar-refractivity contribution in [3.8, 4) is 0 Å². The number of benzene rings is 1. The van der Waals surface area contributed by atoms with Crippen molar-refractivity contribution < 1.29 is 19.5 Å². The van der Waals surface area contributed by atoms with E-state index in [1.165, 1.54) is 0 Å². The zero-order valence-electron chi connectivity index (χ0n) is 16.3. The molecule has 0 unspecified atom stereocenters. The highest BCUT2D eigenvalue weighted by Crippen LogP contribution is 2.25. The molecule has 0 radical (unpaired) electrons. The molecule has 0 atom stereocenters. The topological polar surface area (TPSA) is 93.2 Å². The van der Waals surface area contributed by atoms with E-state index in [1.54, 1.807) is 19.1 Å². The van der Waals surface area contributed by atoms with Crippen LogP contribution in [0, 0.1) is 0 Å². The van der Waals surface area contributed by atoms with E-state index in [2.05, 4.69) is 15.1 Å². The molecule has 8 heteroatoms. The minimum Gasteiger partial charge on any atom is -0.478 e. The Labute approximate surface area is 165 Å². The molecule has 2 heterocycles. The molecular formula is C20H28N4O4. The number of rotatable bonds is 6. The van der Waals surface area contributed by atoms with E-state index in [9.17, 15) is 19.5 Å². The molecule has 152 valence electrons. The van der Waals surface area contributed by atoms with Gasteiger partial charge in [-0.3, -0.25) is 14.5 Å². The SMILES string of the molecule is CCC(=O)Nc1ccc(N2CCN(CC(=O)N3CCCC3)CC2)cc1C(=O)O. The minimum atomic E-state index is -1.07. The normalized spacial score (nSPS) is 17.6. The van der Waals surface area contributed by atoms with Crippen LogP contribution >= 0.6 is 0 Å². The Bertz CT molecular complexity index is 738. The number of carbonyl (C=O) groups excluding carboxylic acids is 2. The maximum Gasteiger partial charge on any atom is 0.337 e. The molecular weight excluding hydrogens is 360 g/mol. The largest absolute Gasteiger partial charge is 0.478 e. The summed E-state index contributed by atoms with van der Waals surface area (Å²) in [6.45, 7) is 6.90. The number of piperazine rings is 1. The van der Waals surface area contributed by atoms with Crippen LogP contribution in [0.1, 0.15) is 36.5 Å². The fraction of sp³-hybridized carbons (Fsp3) is 0.550. The number of aromatic carboxylic acids is 1. The molecule has 2 aliphatic heterocycles. The Morgan fingerprint density at radius 1 is 1.04 bits per heavy atom. The molecule has 0 spiro atoms. The first-order valence-electron chi connectivity index (χ1n) is 9.90. The molecule has 0 saturated carbocycles. The molecule has 28 heavy (non-hydrogen) atoms. The summed E-state index contributed by atoms with van der Waals surface area (Å²) in [5, 5.41) is 12.1. The number of carbonyl (C=O) groups is 3. The molecule has 2 fully saturated rings. The van der Waals surface area contributed by atoms with Crippen molar-refractivity contribution in [1.29, 1.82) is 0 Å². The smallest absolute Gasteiger partial charge is 0.337 e. The summed E-state index contributed by atoms with van der Waals surface area (Å²) in [4.78, 5) is 41.7. The second-order valence-electron chi connectivity index (χ2n) is 7.29. The van der Waals surface area contributed by atoms with Gasteiger partial charge in [-0.1, -0.05) is 6.92 Å². The van der Waals surface area contributed by atoms with Crippen molar-refractivity contribution in [2.45, 2.75) is 26.2 Å². The number of carboxylic acid groups (broad SMARTS) is 1. The third-order valence-corrected chi connectivity index (χ3v) is 5.38. The lowest BCUT2D eigenvalue weighted by molar-refractivity contribution is -0.131. The predicted molar refractivity (Wildman–Crippen MR) is 107 cm³/mol. The lowest BCUT2D eigenvalue weighted by Crippen LogP contribution is -2.49. The standard InChI is InChI=1S/C20H28N4O4/c1-2-18(25)21-17-6-5-15(13-16(17)20(27)28)23-11-9-22(10-12-23)14-19(26)24-7-3-4-8-24/h5-6,13H,2-4,7-12,14H2,1H3,(H,21,25)(H,27,28). The van der Waals surface area contributed by atoms with Gasteiger partial charge in [-0.05, 0) is 31.0 Å². The first-order valence-corrected chi connectivity index (χ1v) is 9.90. The highest BCUT2D eigenvalue weighted by Gasteiger charge is 2.24. The van der Waals surface area contributed by atoms with Gasteiger partial charge in [-0.25, -0.2) is 4.79 Å². The lowest BCUT2D eigenvalue weighted by atomic mass is 10.1. The summed E-state index contributed by atoms with van der Waals surface area (Å²) in [6, 6.07) is 5.09. The quantitative estimate of drug-likeness (QED) is 0.767. The Hall–Kier alpha value is -2.61. The average Bonchev–Trinajstić information content (AvgIpc) is 3.23. The van der Waals surface area contributed by atoms with Crippen LogP contribution in [0.25, 0.3) is 0 Å². The number of nitrogens with zero attached hydrogens (tertiary/aromatic N) is 3. The number of nitrogens with one attached hydrogen (secondary N) is 1. The fourth-order valence-corrected chi connectivity index (χ4v) is 3.68. The Balaban J connectivity index is 1.60. The zero-order valence-corrected chi connectivity index (χ0v) is 16.3. The number of hydrogen-bond acceptors (Lipinski definition) is 5. The molecule has 2 amide bonds. The highest BCUT2D eigenvalue weighted by molar-refractivity contribution is 6.01. The molecule has 3 rings (SSSR count). The van der Waals surface area contributed by atoms with E-state index in [1.807, 2.05) is 11.0 Å². The summed E-state index contributed by atoms with van der Waals surface area (Å²) in [5.74, 6) is -1.08. The number of hydrogen-bond donors (Lipinski definition) is 2. The lowest BCUT2D eigenvalue weighted by Gasteiger charge is -2.36. The van der Waals surface area contributed by atoms with Crippen molar-refractivity contribution in [2.24, 2.45) is 0 Å². The summed E-state index contributed by atoms with van der Waals surface area (Å²) in [5.41, 5.74) is 1.22. The number of amides is 2. The minimum absolute atomic E-state index is 0.0888. The van der Waals surface area contributed by atoms with Crippen LogP contribution in [-0.2, 0) is 9.59 Å². The Morgan fingerprint density at radius 3 is 2.32 bits per heavy atom. The number of likely N-dealkylation sites (tertiary alicyclic amines) is 1. The van der Waals surface area contributed by atoms with E-state index < -0.39 is 5.97 Å². The van der Waals surface area contributed by atoms with Crippen LogP contribution in [0.5, 0.6) is 0 Å². The van der Waals surface area contributed by atoms with Crippen LogP contribution in [0.2, 0.25) is 0 Å². The molecule has 0 aliphatic carbocycles. The van der Waals surface area contributed by atoms with Crippen molar-refractivity contribution in [3.05, 3.63) is 23.8 Å². The summed E-state index contributed by atoms with van der Waals surface area (Å²) >= 11 is 0. The Kier molecular flexibility index (Phi) is 6.51. The molecule has 2 aliphatic rings. The van der Waals surface area contributed by atoms with Crippen molar-refractivity contribution >= 4 is 29.2 Å². The fourth-order valence-electron chi connectivity index (χ4n) is 3.68. The van der Waals surface area contributed by atoms with Crippen molar-refractivity contribution in [3.63, 3.8) is 0 Å². The van der Waals surface area contributed by atoms with Crippen molar-refractivity contribution in [2.75, 3.05) is 56.0 Å². The molecule has 2 saturated heterocycles. The molecule has 0 bridgehead atoms. The maximum absolute atomic E-state index is 12.3. The van der Waals surface area contributed by atoms with Gasteiger partial charge in [0, 0.05) is 51.4 Å². The highest BCUT2D eigenvalue weighted by atomic mass is 16.4. The van der Waals surface area contributed by atoms with E-state index in [-0.39, 0.29) is 17.4 Å². The van der Waals surface area contributed by atoms with Gasteiger partial charge in [-0.2, -0.15) is 0 Å². The van der Waals surface area contributed by atoms with E-state index >= 15 is 0 Å². The van der Waals surface area contributed by atoms with Gasteiger partial charge in [-0.15, -0.1) is 0 Å². The summed E-state index contributed by atoms with van der Waals surface area (Å²) in [7, 11) is 0. The summed E-state index contributed by atoms with van der Waals surface area (Å²) in [6.07, 6.45) is 2.49. The maximum atomic E-state index is 12.3. The van der Waals surface area contributed by atoms with Crippen molar-refractivity contribution in [1.82, 2.24) is 9.80 Å². The monoisotopic (exact) mass is 388 g/mol. The number of carboxylic acids is 1. The van der Waals surface area contributed by atoms with Gasteiger partial charge >= 0.3 is 5.97 Å². The first-order chi connectivity index (χ1) is 13.5. The van der Waals surface area contributed by atoms with Gasteiger partial charge in [0.15, 0.2) is 0 Å². The van der Waals surface area contributed by atoms with E-state index in [0.717, 1.165) is 57.8 Å². The third kappa shape index (κ3) is 4.81. The second kappa shape index (κ2) is 9.05.